The van der Waals surface area contributed by atoms with E-state index in [1.54, 1.807) is 19.2 Å². The van der Waals surface area contributed by atoms with E-state index in [0.717, 1.165) is 0 Å². The fraction of sp³-hybridized carbons (Fsp3) is 0.593. The molecule has 2 amide bonds. The van der Waals surface area contributed by atoms with Gasteiger partial charge in [0.05, 0.1) is 29.5 Å². The molecule has 246 valence electrons. The van der Waals surface area contributed by atoms with Crippen LogP contribution < -0.4 is 10.6 Å². The Morgan fingerprint density at radius 3 is 2.59 bits per heavy atom. The van der Waals surface area contributed by atoms with Gasteiger partial charge in [0, 0.05) is 25.8 Å². The summed E-state index contributed by atoms with van der Waals surface area (Å²) in [6.07, 6.45) is -2.85. The molecule has 4 atom stereocenters. The van der Waals surface area contributed by atoms with Crippen LogP contribution in [-0.4, -0.2) is 75.1 Å². The third-order valence-electron chi connectivity index (χ3n) is 9.21. The molecule has 46 heavy (non-hydrogen) atoms. The van der Waals surface area contributed by atoms with Gasteiger partial charge in [-0.2, -0.15) is 18.3 Å². The number of nitrogens with zero attached hydrogens (tertiary/aromatic N) is 9. The molecule has 1 saturated carbocycles. The highest BCUT2D eigenvalue weighted by atomic mass is 19.4. The second kappa shape index (κ2) is 11.3. The van der Waals surface area contributed by atoms with Gasteiger partial charge in [0.1, 0.15) is 11.7 Å². The number of fused-ring (bicyclic) bond motifs is 1. The van der Waals surface area contributed by atoms with E-state index >= 15 is 0 Å². The van der Waals surface area contributed by atoms with Crippen molar-refractivity contribution in [2.75, 3.05) is 0 Å². The van der Waals surface area contributed by atoms with Gasteiger partial charge < -0.3 is 10.6 Å². The van der Waals surface area contributed by atoms with Gasteiger partial charge in [-0.3, -0.25) is 9.59 Å². The molecule has 19 heteroatoms. The van der Waals surface area contributed by atoms with Crippen LogP contribution in [0.5, 0.6) is 0 Å². The van der Waals surface area contributed by atoms with Gasteiger partial charge in [0.15, 0.2) is 17.2 Å². The number of carbonyl (C=O) groups excluding carboxylic acids is 2. The Bertz CT molecular complexity index is 1760. The van der Waals surface area contributed by atoms with Crippen LogP contribution in [0.3, 0.4) is 0 Å². The average molecular weight is 652 g/mol. The largest absolute Gasteiger partial charge is 0.408 e. The molecule has 0 aromatic carbocycles. The van der Waals surface area contributed by atoms with Crippen molar-refractivity contribution in [3.05, 3.63) is 46.9 Å². The van der Waals surface area contributed by atoms with Gasteiger partial charge in [-0.15, -0.1) is 5.10 Å². The van der Waals surface area contributed by atoms with Crippen LogP contribution in [0.1, 0.15) is 84.3 Å². The number of carbonyl (C=O) groups is 2. The Balaban J connectivity index is 1.33. The van der Waals surface area contributed by atoms with Crippen molar-refractivity contribution >= 4 is 17.5 Å². The van der Waals surface area contributed by atoms with E-state index < -0.39 is 59.7 Å². The monoisotopic (exact) mass is 651 g/mol. The van der Waals surface area contributed by atoms with Gasteiger partial charge >= 0.3 is 6.18 Å². The summed E-state index contributed by atoms with van der Waals surface area (Å²) in [4.78, 5) is 31.1. The van der Waals surface area contributed by atoms with Crippen molar-refractivity contribution in [3.8, 4) is 0 Å². The maximum atomic E-state index is 14.0. The SMILES string of the molecule is Cc1nonc1C(=O)N[C@H](c1cn2ncc(C[C@@]3([C@@H](C)c4nnnn4C)C[C@@H](C(F)(F)F)NC3=O)cc2n1)C1CCC(F)(F)CC1. The summed E-state index contributed by atoms with van der Waals surface area (Å²) in [6, 6.07) is -1.27. The lowest BCUT2D eigenvalue weighted by Gasteiger charge is -2.33. The number of nitrogens with one attached hydrogen (secondary N) is 2. The van der Waals surface area contributed by atoms with Crippen LogP contribution in [-0.2, 0) is 18.3 Å². The molecule has 0 radical (unpaired) electrons. The van der Waals surface area contributed by atoms with Crippen molar-refractivity contribution < 1.29 is 36.2 Å². The van der Waals surface area contributed by atoms with E-state index in [1.807, 2.05) is 0 Å². The topological polar surface area (TPSA) is 171 Å². The maximum Gasteiger partial charge on any atom is 0.408 e. The number of hydrogen-bond acceptors (Lipinski definition) is 10. The van der Waals surface area contributed by atoms with Crippen molar-refractivity contribution in [3.63, 3.8) is 0 Å². The Morgan fingerprint density at radius 2 is 1.98 bits per heavy atom. The minimum Gasteiger partial charge on any atom is -0.344 e. The molecule has 6 rings (SSSR count). The maximum absolute atomic E-state index is 14.0. The van der Waals surface area contributed by atoms with E-state index in [0.29, 0.717) is 11.3 Å². The summed E-state index contributed by atoms with van der Waals surface area (Å²) < 4.78 is 76.9. The zero-order chi connectivity index (χ0) is 33.0. The van der Waals surface area contributed by atoms with Gasteiger partial charge in [-0.25, -0.2) is 27.6 Å². The number of alkyl halides is 5. The van der Waals surface area contributed by atoms with Crippen LogP contribution in [0, 0.1) is 18.3 Å². The number of amides is 2. The predicted molar refractivity (Wildman–Crippen MR) is 145 cm³/mol. The smallest absolute Gasteiger partial charge is 0.344 e. The first-order valence-electron chi connectivity index (χ1n) is 14.6. The Labute approximate surface area is 257 Å². The summed E-state index contributed by atoms with van der Waals surface area (Å²) in [7, 11) is 1.54. The molecule has 4 aromatic heterocycles. The van der Waals surface area contributed by atoms with E-state index in [9.17, 15) is 31.5 Å². The molecular formula is C27H30F5N11O3. The van der Waals surface area contributed by atoms with Crippen molar-refractivity contribution in [2.45, 2.75) is 82.5 Å². The summed E-state index contributed by atoms with van der Waals surface area (Å²) in [5, 5.41) is 27.9. The number of halogens is 5. The van der Waals surface area contributed by atoms with Crippen LogP contribution in [0.15, 0.2) is 23.1 Å². The van der Waals surface area contributed by atoms with Gasteiger partial charge in [0.25, 0.3) is 5.91 Å². The Morgan fingerprint density at radius 1 is 1.24 bits per heavy atom. The third kappa shape index (κ3) is 5.77. The van der Waals surface area contributed by atoms with Gasteiger partial charge in [-0.1, -0.05) is 12.1 Å². The van der Waals surface area contributed by atoms with Crippen LogP contribution in [0.4, 0.5) is 22.0 Å². The molecule has 14 nitrogen and oxygen atoms in total. The lowest BCUT2D eigenvalue weighted by Crippen LogP contribution is -2.40. The number of hydrogen-bond donors (Lipinski definition) is 2. The van der Waals surface area contributed by atoms with E-state index in [1.165, 1.54) is 29.4 Å². The van der Waals surface area contributed by atoms with E-state index in [-0.39, 0.29) is 55.0 Å². The second-order valence-electron chi connectivity index (χ2n) is 12.2. The lowest BCUT2D eigenvalue weighted by atomic mass is 9.69. The summed E-state index contributed by atoms with van der Waals surface area (Å²) in [5.41, 5.74) is -0.346. The minimum atomic E-state index is -4.67. The number of imidazole rings is 1. The first-order valence-corrected chi connectivity index (χ1v) is 14.6. The third-order valence-corrected chi connectivity index (χ3v) is 9.21. The van der Waals surface area contributed by atoms with Gasteiger partial charge in [-0.05, 0) is 65.7 Å². The van der Waals surface area contributed by atoms with Crippen molar-refractivity contribution in [1.29, 1.82) is 0 Å². The first-order chi connectivity index (χ1) is 21.7. The lowest BCUT2D eigenvalue weighted by molar-refractivity contribution is -0.155. The molecule has 2 fully saturated rings. The predicted octanol–water partition coefficient (Wildman–Crippen LogP) is 3.02. The highest BCUT2D eigenvalue weighted by molar-refractivity contribution is 5.93. The summed E-state index contributed by atoms with van der Waals surface area (Å²) in [5.74, 6) is -5.18. The fourth-order valence-electron chi connectivity index (χ4n) is 6.56. The molecule has 0 spiro atoms. The Hall–Kier alpha value is -4.58. The van der Waals surface area contributed by atoms with Crippen molar-refractivity contribution in [2.24, 2.45) is 18.4 Å². The second-order valence-corrected chi connectivity index (χ2v) is 12.2. The quantitative estimate of drug-likeness (QED) is 0.270. The number of rotatable bonds is 8. The Kier molecular flexibility index (Phi) is 7.74. The average Bonchev–Trinajstić information content (AvgIpc) is 3.78. The van der Waals surface area contributed by atoms with E-state index in [4.69, 9.17) is 0 Å². The zero-order valence-electron chi connectivity index (χ0n) is 24.9. The molecule has 1 aliphatic carbocycles. The van der Waals surface area contributed by atoms with E-state index in [2.05, 4.69) is 51.2 Å². The number of aryl methyl sites for hydroxylation is 2. The molecule has 2 aliphatic rings. The molecule has 2 N–H and O–H groups in total. The zero-order valence-corrected chi connectivity index (χ0v) is 24.9. The summed E-state index contributed by atoms with van der Waals surface area (Å²) >= 11 is 0. The van der Waals surface area contributed by atoms with Gasteiger partial charge in [0.2, 0.25) is 11.8 Å². The number of tetrazole rings is 1. The summed E-state index contributed by atoms with van der Waals surface area (Å²) in [6.45, 7) is 3.14. The molecule has 1 aliphatic heterocycles. The standard InChI is InChI=1S/C27H30F5N11O3/c1-13(22-37-40-41-42(22)3)25(10-18(27(30,31)32)35-24(25)45)9-15-8-19-34-17(12-43(19)33-11-15)21(16-4-6-26(28,29)7-5-16)36-23(44)20-14(2)38-46-39-20/h8,11-13,16,18,21H,4-7,9-10H2,1-3H3,(H,35,45)(H,36,44)/t13-,18-,21-,25-/m0/s1. The molecule has 4 aromatic rings. The van der Waals surface area contributed by atoms with Crippen LogP contribution in [0.25, 0.3) is 5.65 Å². The molecule has 0 bridgehead atoms. The first kappa shape index (κ1) is 31.4. The normalized spacial score (nSPS) is 23.4. The molecule has 0 unspecified atom stereocenters. The minimum absolute atomic E-state index is 0.0557. The molecule has 5 heterocycles. The van der Waals surface area contributed by atoms with Crippen molar-refractivity contribution in [1.82, 2.24) is 55.8 Å². The number of aromatic nitrogens is 9. The van der Waals surface area contributed by atoms with Crippen LogP contribution in [0.2, 0.25) is 0 Å². The molecular weight excluding hydrogens is 621 g/mol. The molecule has 1 saturated heterocycles. The fourth-order valence-corrected chi connectivity index (χ4v) is 6.56. The highest BCUT2D eigenvalue weighted by Crippen LogP contribution is 2.48. The van der Waals surface area contributed by atoms with Crippen LogP contribution >= 0.6 is 0 Å². The highest BCUT2D eigenvalue weighted by Gasteiger charge is 2.58.